The molecular formula is C18H18N2O2S. The highest BCUT2D eigenvalue weighted by Gasteiger charge is 2.07. The van der Waals surface area contributed by atoms with Gasteiger partial charge in [0.05, 0.1) is 16.8 Å². The molecule has 0 radical (unpaired) electrons. The lowest BCUT2D eigenvalue weighted by atomic mass is 10.1. The third kappa shape index (κ3) is 3.87. The Kier molecular flexibility index (Phi) is 4.57. The van der Waals surface area contributed by atoms with Gasteiger partial charge in [-0.2, -0.15) is 0 Å². The number of hydrogen-bond donors (Lipinski definition) is 1. The molecule has 1 N–H and O–H groups in total. The number of carbonyl (C=O) groups is 1. The van der Waals surface area contributed by atoms with Crippen molar-refractivity contribution in [3.63, 3.8) is 0 Å². The second-order valence-electron chi connectivity index (χ2n) is 5.39. The highest BCUT2D eigenvalue weighted by molar-refractivity contribution is 7.18. The summed E-state index contributed by atoms with van der Waals surface area (Å²) in [7, 11) is 0. The van der Waals surface area contributed by atoms with Crippen LogP contribution in [0.15, 0.2) is 42.5 Å². The number of rotatable bonds is 5. The predicted octanol–water partition coefficient (Wildman–Crippen LogP) is 3.61. The van der Waals surface area contributed by atoms with Gasteiger partial charge in [0.1, 0.15) is 10.8 Å². The first-order valence-electron chi connectivity index (χ1n) is 7.43. The first-order valence-corrected chi connectivity index (χ1v) is 8.24. The van der Waals surface area contributed by atoms with Crippen LogP contribution in [0, 0.1) is 13.8 Å². The van der Waals surface area contributed by atoms with Gasteiger partial charge in [-0.25, -0.2) is 4.98 Å². The summed E-state index contributed by atoms with van der Waals surface area (Å²) in [6.07, 6.45) is 0. The molecule has 0 saturated carbocycles. The number of nitrogens with zero attached hydrogens (tertiary/aromatic N) is 1. The summed E-state index contributed by atoms with van der Waals surface area (Å²) in [6, 6.07) is 13.8. The summed E-state index contributed by atoms with van der Waals surface area (Å²) in [4.78, 5) is 16.4. The van der Waals surface area contributed by atoms with Crippen LogP contribution >= 0.6 is 11.3 Å². The molecule has 0 aliphatic heterocycles. The first kappa shape index (κ1) is 15.5. The van der Waals surface area contributed by atoms with Crippen LogP contribution in [0.2, 0.25) is 0 Å². The van der Waals surface area contributed by atoms with Crippen LogP contribution < -0.4 is 10.1 Å². The van der Waals surface area contributed by atoms with Gasteiger partial charge in [-0.3, -0.25) is 4.79 Å². The molecule has 23 heavy (non-hydrogen) atoms. The molecule has 0 unspecified atom stereocenters. The van der Waals surface area contributed by atoms with E-state index < -0.39 is 0 Å². The Balaban J connectivity index is 1.52. The van der Waals surface area contributed by atoms with Crippen molar-refractivity contribution in [2.45, 2.75) is 20.4 Å². The Morgan fingerprint density at radius 1 is 1.17 bits per heavy atom. The predicted molar refractivity (Wildman–Crippen MR) is 92.9 cm³/mol. The van der Waals surface area contributed by atoms with Crippen molar-refractivity contribution in [2.24, 2.45) is 0 Å². The summed E-state index contributed by atoms with van der Waals surface area (Å²) in [5.41, 5.74) is 3.32. The minimum absolute atomic E-state index is 0.00734. The molecule has 3 aromatic rings. The molecule has 0 spiro atoms. The number of fused-ring (bicyclic) bond motifs is 1. The first-order chi connectivity index (χ1) is 11.1. The van der Waals surface area contributed by atoms with Crippen molar-refractivity contribution >= 4 is 27.5 Å². The monoisotopic (exact) mass is 326 g/mol. The second kappa shape index (κ2) is 6.79. The number of carbonyl (C=O) groups excluding carboxylic acids is 1. The SMILES string of the molecule is Cc1ccc(OCC(=O)NCc2nc3ccccc3s2)cc1C. The molecule has 0 bridgehead atoms. The molecule has 0 aliphatic carbocycles. The van der Waals surface area contributed by atoms with E-state index in [0.717, 1.165) is 20.8 Å². The molecule has 3 rings (SSSR count). The highest BCUT2D eigenvalue weighted by atomic mass is 32.1. The van der Waals surface area contributed by atoms with Crippen LogP contribution in [0.4, 0.5) is 0 Å². The molecule has 0 aliphatic rings. The quantitative estimate of drug-likeness (QED) is 0.779. The molecule has 5 heteroatoms. The zero-order valence-corrected chi connectivity index (χ0v) is 13.9. The Morgan fingerprint density at radius 3 is 2.78 bits per heavy atom. The van der Waals surface area contributed by atoms with Crippen molar-refractivity contribution in [1.82, 2.24) is 10.3 Å². The van der Waals surface area contributed by atoms with Crippen molar-refractivity contribution in [3.05, 3.63) is 58.6 Å². The summed E-state index contributed by atoms with van der Waals surface area (Å²) in [6.45, 7) is 4.50. The van der Waals surface area contributed by atoms with Crippen LogP contribution in [0.5, 0.6) is 5.75 Å². The number of amides is 1. The molecule has 1 aromatic heterocycles. The largest absolute Gasteiger partial charge is 0.484 e. The molecule has 2 aromatic carbocycles. The number of benzene rings is 2. The van der Waals surface area contributed by atoms with Gasteiger partial charge in [0.2, 0.25) is 0 Å². The van der Waals surface area contributed by atoms with E-state index in [1.807, 2.05) is 56.3 Å². The van der Waals surface area contributed by atoms with Crippen molar-refractivity contribution in [2.75, 3.05) is 6.61 Å². The Bertz CT molecular complexity index is 809. The van der Waals surface area contributed by atoms with Crippen molar-refractivity contribution in [1.29, 1.82) is 0 Å². The van der Waals surface area contributed by atoms with Crippen LogP contribution in [-0.2, 0) is 11.3 Å². The molecule has 4 nitrogen and oxygen atoms in total. The molecular weight excluding hydrogens is 308 g/mol. The number of ether oxygens (including phenoxy) is 1. The zero-order valence-electron chi connectivity index (χ0n) is 13.1. The number of thiazole rings is 1. The number of aryl methyl sites for hydroxylation is 2. The lowest BCUT2D eigenvalue weighted by Crippen LogP contribution is -2.28. The maximum absolute atomic E-state index is 11.9. The van der Waals surface area contributed by atoms with Gasteiger partial charge in [0.15, 0.2) is 6.61 Å². The Labute approximate surface area is 139 Å². The zero-order chi connectivity index (χ0) is 16.2. The summed E-state index contributed by atoms with van der Waals surface area (Å²) < 4.78 is 6.65. The minimum atomic E-state index is -0.150. The van der Waals surface area contributed by atoms with E-state index in [4.69, 9.17) is 4.74 Å². The van der Waals surface area contributed by atoms with E-state index in [2.05, 4.69) is 10.3 Å². The second-order valence-corrected chi connectivity index (χ2v) is 6.50. The topological polar surface area (TPSA) is 51.2 Å². The van der Waals surface area contributed by atoms with E-state index >= 15 is 0 Å². The number of nitrogens with one attached hydrogen (secondary N) is 1. The van der Waals surface area contributed by atoms with E-state index in [1.165, 1.54) is 5.56 Å². The van der Waals surface area contributed by atoms with E-state index in [0.29, 0.717) is 12.3 Å². The summed E-state index contributed by atoms with van der Waals surface area (Å²) >= 11 is 1.59. The fourth-order valence-corrected chi connectivity index (χ4v) is 3.08. The van der Waals surface area contributed by atoms with Crippen LogP contribution in [0.25, 0.3) is 10.2 Å². The Morgan fingerprint density at radius 2 is 2.00 bits per heavy atom. The third-order valence-electron chi connectivity index (χ3n) is 3.62. The van der Waals surface area contributed by atoms with E-state index in [1.54, 1.807) is 11.3 Å². The van der Waals surface area contributed by atoms with Crippen molar-refractivity contribution < 1.29 is 9.53 Å². The number of para-hydroxylation sites is 1. The average Bonchev–Trinajstić information content (AvgIpc) is 2.97. The number of hydrogen-bond acceptors (Lipinski definition) is 4. The molecule has 0 atom stereocenters. The molecule has 118 valence electrons. The molecule has 0 saturated heterocycles. The van der Waals surface area contributed by atoms with Gasteiger partial charge < -0.3 is 10.1 Å². The lowest BCUT2D eigenvalue weighted by Gasteiger charge is -2.08. The lowest BCUT2D eigenvalue weighted by molar-refractivity contribution is -0.123. The van der Waals surface area contributed by atoms with E-state index in [9.17, 15) is 4.79 Å². The van der Waals surface area contributed by atoms with Gasteiger partial charge in [-0.05, 0) is 49.2 Å². The van der Waals surface area contributed by atoms with Gasteiger partial charge in [-0.15, -0.1) is 11.3 Å². The minimum Gasteiger partial charge on any atom is -0.484 e. The van der Waals surface area contributed by atoms with Gasteiger partial charge in [0, 0.05) is 0 Å². The van der Waals surface area contributed by atoms with Crippen molar-refractivity contribution in [3.8, 4) is 5.75 Å². The Hall–Kier alpha value is -2.40. The normalized spacial score (nSPS) is 10.7. The van der Waals surface area contributed by atoms with Crippen LogP contribution in [0.3, 0.4) is 0 Å². The number of aromatic nitrogens is 1. The maximum Gasteiger partial charge on any atom is 0.258 e. The maximum atomic E-state index is 11.9. The van der Waals surface area contributed by atoms with Gasteiger partial charge in [-0.1, -0.05) is 18.2 Å². The summed E-state index contributed by atoms with van der Waals surface area (Å²) in [5, 5.41) is 3.73. The fourth-order valence-electron chi connectivity index (χ4n) is 2.17. The van der Waals surface area contributed by atoms with E-state index in [-0.39, 0.29) is 12.5 Å². The molecule has 1 amide bonds. The fraction of sp³-hybridized carbons (Fsp3) is 0.222. The molecule has 0 fully saturated rings. The highest BCUT2D eigenvalue weighted by Crippen LogP contribution is 2.21. The van der Waals surface area contributed by atoms with Crippen LogP contribution in [0.1, 0.15) is 16.1 Å². The summed E-state index contributed by atoms with van der Waals surface area (Å²) in [5.74, 6) is 0.561. The smallest absolute Gasteiger partial charge is 0.258 e. The average molecular weight is 326 g/mol. The van der Waals surface area contributed by atoms with Gasteiger partial charge >= 0.3 is 0 Å². The molecule has 1 heterocycles. The third-order valence-corrected chi connectivity index (χ3v) is 4.66. The van der Waals surface area contributed by atoms with Gasteiger partial charge in [0.25, 0.3) is 5.91 Å². The van der Waals surface area contributed by atoms with Crippen LogP contribution in [-0.4, -0.2) is 17.5 Å². The standard InChI is InChI=1S/C18H18N2O2S/c1-12-7-8-14(9-13(12)2)22-11-17(21)19-10-18-20-15-5-3-4-6-16(15)23-18/h3-9H,10-11H2,1-2H3,(H,19,21).